The number of carbonyl (C=O) groups is 2. The van der Waals surface area contributed by atoms with E-state index in [9.17, 15) is 9.59 Å². The molecule has 0 saturated carbocycles. The van der Waals surface area contributed by atoms with Crippen LogP contribution in [-0.4, -0.2) is 28.5 Å². The summed E-state index contributed by atoms with van der Waals surface area (Å²) >= 11 is 10.9. The molecule has 0 spiro atoms. The Hall–Kier alpha value is -2.71. The molecular formula is C19H22ClN5O2S. The van der Waals surface area contributed by atoms with Crippen molar-refractivity contribution in [2.24, 2.45) is 0 Å². The van der Waals surface area contributed by atoms with Crippen molar-refractivity contribution in [3.8, 4) is 0 Å². The number of nitrogens with one attached hydrogen (secondary N) is 4. The van der Waals surface area contributed by atoms with Crippen LogP contribution in [0, 0.1) is 0 Å². The first-order valence-corrected chi connectivity index (χ1v) is 9.61. The third-order valence-corrected chi connectivity index (χ3v) is 4.15. The minimum atomic E-state index is -0.499. The van der Waals surface area contributed by atoms with Gasteiger partial charge in [0, 0.05) is 16.9 Å². The normalized spacial score (nSPS) is 10.1. The lowest BCUT2D eigenvalue weighted by Crippen LogP contribution is -2.47. The van der Waals surface area contributed by atoms with E-state index in [0.29, 0.717) is 5.02 Å². The molecule has 2 aromatic rings. The third-order valence-electron chi connectivity index (χ3n) is 3.71. The van der Waals surface area contributed by atoms with Crippen LogP contribution >= 0.6 is 23.8 Å². The summed E-state index contributed by atoms with van der Waals surface area (Å²) in [6.45, 7) is 1.92. The number of anilines is 1. The SMILES string of the molecule is CCCCc1ccc(NC(=S)NNC(=O)CNC(=O)c2cc(Cl)ccn2)cc1. The molecule has 2 amide bonds. The number of hydrazine groups is 1. The van der Waals surface area contributed by atoms with Crippen LogP contribution in [0.4, 0.5) is 5.69 Å². The number of pyridine rings is 1. The molecule has 0 atom stereocenters. The number of carbonyl (C=O) groups excluding carboxylic acids is 2. The number of benzene rings is 1. The van der Waals surface area contributed by atoms with Gasteiger partial charge in [-0.15, -0.1) is 0 Å². The Labute approximate surface area is 174 Å². The van der Waals surface area contributed by atoms with Crippen molar-refractivity contribution in [3.63, 3.8) is 0 Å². The van der Waals surface area contributed by atoms with Crippen LogP contribution in [0.15, 0.2) is 42.6 Å². The van der Waals surface area contributed by atoms with Gasteiger partial charge in [-0.25, -0.2) is 0 Å². The van der Waals surface area contributed by atoms with E-state index in [1.807, 2.05) is 24.3 Å². The minimum Gasteiger partial charge on any atom is -0.342 e. The van der Waals surface area contributed by atoms with Crippen LogP contribution in [0.3, 0.4) is 0 Å². The molecule has 0 bridgehead atoms. The van der Waals surface area contributed by atoms with E-state index >= 15 is 0 Å². The second-order valence-corrected chi connectivity index (χ2v) is 6.81. The average Bonchev–Trinajstić information content (AvgIpc) is 2.70. The number of thiocarbonyl (C=S) groups is 1. The van der Waals surface area contributed by atoms with Crippen molar-refractivity contribution in [2.45, 2.75) is 26.2 Å². The van der Waals surface area contributed by atoms with Crippen molar-refractivity contribution in [1.29, 1.82) is 0 Å². The van der Waals surface area contributed by atoms with Crippen LogP contribution in [0.2, 0.25) is 5.02 Å². The predicted octanol–water partition coefficient (Wildman–Crippen LogP) is 2.83. The molecule has 1 aromatic heterocycles. The molecule has 0 saturated heterocycles. The monoisotopic (exact) mass is 419 g/mol. The number of aryl methyl sites for hydroxylation is 1. The van der Waals surface area contributed by atoms with E-state index in [2.05, 4.69) is 33.4 Å². The van der Waals surface area contributed by atoms with Crippen LogP contribution in [0.5, 0.6) is 0 Å². The first kappa shape index (κ1) is 21.6. The van der Waals surface area contributed by atoms with Crippen LogP contribution in [0.1, 0.15) is 35.8 Å². The van der Waals surface area contributed by atoms with Gasteiger partial charge in [-0.1, -0.05) is 37.1 Å². The van der Waals surface area contributed by atoms with E-state index in [1.54, 1.807) is 6.07 Å². The standard InChI is InChI=1S/C19H22ClN5O2S/c1-2-3-4-13-5-7-15(8-6-13)23-19(28)25-24-17(26)12-22-18(27)16-11-14(20)9-10-21-16/h5-11H,2-4,12H2,1H3,(H,22,27)(H,24,26)(H2,23,25,28). The molecule has 9 heteroatoms. The number of aromatic nitrogens is 1. The molecule has 0 fully saturated rings. The van der Waals surface area contributed by atoms with Crippen LogP contribution in [0.25, 0.3) is 0 Å². The molecule has 0 aliphatic heterocycles. The fraction of sp³-hybridized carbons (Fsp3) is 0.263. The molecule has 4 N–H and O–H groups in total. The van der Waals surface area contributed by atoms with E-state index in [1.165, 1.54) is 17.8 Å². The number of unbranched alkanes of at least 4 members (excludes halogenated alkanes) is 1. The number of hydrogen-bond donors (Lipinski definition) is 4. The molecule has 148 valence electrons. The lowest BCUT2D eigenvalue weighted by molar-refractivity contribution is -0.120. The van der Waals surface area contributed by atoms with E-state index in [4.69, 9.17) is 23.8 Å². The van der Waals surface area contributed by atoms with Gasteiger partial charge in [-0.3, -0.25) is 25.4 Å². The lowest BCUT2D eigenvalue weighted by atomic mass is 10.1. The highest BCUT2D eigenvalue weighted by molar-refractivity contribution is 7.80. The Kier molecular flexibility index (Phi) is 8.64. The second kappa shape index (κ2) is 11.2. The second-order valence-electron chi connectivity index (χ2n) is 5.97. The summed E-state index contributed by atoms with van der Waals surface area (Å²) in [4.78, 5) is 27.6. The van der Waals surface area contributed by atoms with Crippen LogP contribution < -0.4 is 21.5 Å². The first-order chi connectivity index (χ1) is 13.5. The van der Waals surface area contributed by atoms with Crippen molar-refractivity contribution >= 4 is 46.4 Å². The minimum absolute atomic E-state index is 0.132. The Bertz CT molecular complexity index is 829. The van der Waals surface area contributed by atoms with Gasteiger partial charge in [0.1, 0.15) is 5.69 Å². The fourth-order valence-corrected chi connectivity index (χ4v) is 2.58. The summed E-state index contributed by atoms with van der Waals surface area (Å²) in [5.41, 5.74) is 7.20. The van der Waals surface area contributed by atoms with Gasteiger partial charge in [0.15, 0.2) is 5.11 Å². The van der Waals surface area contributed by atoms with Gasteiger partial charge in [-0.2, -0.15) is 0 Å². The van der Waals surface area contributed by atoms with Gasteiger partial charge < -0.3 is 10.6 Å². The fourth-order valence-electron chi connectivity index (χ4n) is 2.25. The van der Waals surface area contributed by atoms with Gasteiger partial charge in [0.05, 0.1) is 6.54 Å². The van der Waals surface area contributed by atoms with Gasteiger partial charge >= 0.3 is 0 Å². The third kappa shape index (κ3) is 7.50. The molecule has 0 unspecified atom stereocenters. The number of hydrogen-bond acceptors (Lipinski definition) is 4. The van der Waals surface area contributed by atoms with Crippen LogP contribution in [-0.2, 0) is 11.2 Å². The van der Waals surface area contributed by atoms with E-state index in [-0.39, 0.29) is 17.4 Å². The number of nitrogens with zero attached hydrogens (tertiary/aromatic N) is 1. The molecule has 0 radical (unpaired) electrons. The Morgan fingerprint density at radius 2 is 1.89 bits per heavy atom. The number of amides is 2. The molecule has 1 heterocycles. The quantitative estimate of drug-likeness (QED) is 0.407. The average molecular weight is 420 g/mol. The van der Waals surface area contributed by atoms with E-state index in [0.717, 1.165) is 24.9 Å². The maximum absolute atomic E-state index is 11.9. The Balaban J connectivity index is 1.70. The molecular weight excluding hydrogens is 398 g/mol. The molecule has 28 heavy (non-hydrogen) atoms. The van der Waals surface area contributed by atoms with Gasteiger partial charge in [-0.05, 0) is 54.9 Å². The Morgan fingerprint density at radius 3 is 2.57 bits per heavy atom. The molecule has 1 aromatic carbocycles. The summed E-state index contributed by atoms with van der Waals surface area (Å²) in [7, 11) is 0. The van der Waals surface area contributed by atoms with Crippen molar-refractivity contribution in [2.75, 3.05) is 11.9 Å². The summed E-state index contributed by atoms with van der Waals surface area (Å²) in [6.07, 6.45) is 4.78. The lowest BCUT2D eigenvalue weighted by Gasteiger charge is -2.12. The zero-order valence-corrected chi connectivity index (χ0v) is 17.0. The number of halogens is 1. The highest BCUT2D eigenvalue weighted by Crippen LogP contribution is 2.11. The van der Waals surface area contributed by atoms with Crippen molar-refractivity contribution in [1.82, 2.24) is 21.2 Å². The molecule has 0 aliphatic rings. The topological polar surface area (TPSA) is 95.1 Å². The highest BCUT2D eigenvalue weighted by Gasteiger charge is 2.10. The smallest absolute Gasteiger partial charge is 0.270 e. The maximum atomic E-state index is 11.9. The largest absolute Gasteiger partial charge is 0.342 e. The van der Waals surface area contributed by atoms with Gasteiger partial charge in [0.2, 0.25) is 0 Å². The Morgan fingerprint density at radius 1 is 1.14 bits per heavy atom. The molecule has 2 rings (SSSR count). The predicted molar refractivity (Wildman–Crippen MR) is 114 cm³/mol. The maximum Gasteiger partial charge on any atom is 0.270 e. The van der Waals surface area contributed by atoms with Crippen molar-refractivity contribution in [3.05, 3.63) is 58.9 Å². The first-order valence-electron chi connectivity index (χ1n) is 8.82. The van der Waals surface area contributed by atoms with Gasteiger partial charge in [0.25, 0.3) is 11.8 Å². The number of rotatable bonds is 7. The molecule has 0 aliphatic carbocycles. The summed E-state index contributed by atoms with van der Waals surface area (Å²) in [6, 6.07) is 10.9. The zero-order chi connectivity index (χ0) is 20.4. The summed E-state index contributed by atoms with van der Waals surface area (Å²) in [5.74, 6) is -0.962. The summed E-state index contributed by atoms with van der Waals surface area (Å²) in [5, 5.41) is 6.04. The highest BCUT2D eigenvalue weighted by atomic mass is 35.5. The van der Waals surface area contributed by atoms with E-state index < -0.39 is 11.8 Å². The zero-order valence-electron chi connectivity index (χ0n) is 15.4. The summed E-state index contributed by atoms with van der Waals surface area (Å²) < 4.78 is 0. The van der Waals surface area contributed by atoms with Crippen molar-refractivity contribution < 1.29 is 9.59 Å². The molecule has 7 nitrogen and oxygen atoms in total.